The Hall–Kier alpha value is -5.73. The molecule has 0 saturated carbocycles. The van der Waals surface area contributed by atoms with Crippen molar-refractivity contribution in [2.75, 3.05) is 10.8 Å². The van der Waals surface area contributed by atoms with Gasteiger partial charge in [-0.2, -0.15) is 15.2 Å². The molecule has 1 aliphatic rings. The lowest BCUT2D eigenvalue weighted by atomic mass is 10.0. The minimum absolute atomic E-state index is 0.120. The Kier molecular flexibility index (Phi) is 8.98. The van der Waals surface area contributed by atoms with E-state index in [1.54, 1.807) is 30.0 Å². The van der Waals surface area contributed by atoms with Crippen LogP contribution in [0.3, 0.4) is 0 Å². The van der Waals surface area contributed by atoms with Crippen LogP contribution in [-0.2, 0) is 11.4 Å². The molecule has 48 heavy (non-hydrogen) atoms. The van der Waals surface area contributed by atoms with Gasteiger partial charge in [0.05, 0.1) is 28.4 Å². The zero-order valence-electron chi connectivity index (χ0n) is 26.2. The number of carbonyl (C=O) groups is 1. The van der Waals surface area contributed by atoms with E-state index in [0.29, 0.717) is 39.7 Å². The first-order valence-electron chi connectivity index (χ1n) is 15.5. The Labute approximate surface area is 282 Å². The molecule has 0 fully saturated rings. The molecule has 0 unspecified atom stereocenters. The SMILES string of the molecule is Cc1ccc(SCC2=NN(c3ccccc3)C(=O)C2=Cc2cn(-c3ccccc3)nc2-c2ccc(OCc3ccccc3F)cc2)cc1. The summed E-state index contributed by atoms with van der Waals surface area (Å²) >= 11 is 1.64. The number of carbonyl (C=O) groups excluding carboxylic acids is 1. The average molecular weight is 651 g/mol. The summed E-state index contributed by atoms with van der Waals surface area (Å²) in [5.41, 5.74) is 6.77. The minimum Gasteiger partial charge on any atom is -0.489 e. The van der Waals surface area contributed by atoms with E-state index in [-0.39, 0.29) is 18.3 Å². The van der Waals surface area contributed by atoms with Gasteiger partial charge in [0.2, 0.25) is 0 Å². The summed E-state index contributed by atoms with van der Waals surface area (Å²) in [5, 5.41) is 11.3. The van der Waals surface area contributed by atoms with E-state index in [4.69, 9.17) is 14.9 Å². The van der Waals surface area contributed by atoms with Crippen molar-refractivity contribution in [2.45, 2.75) is 18.4 Å². The molecule has 7 rings (SSSR count). The molecule has 0 bridgehead atoms. The third-order valence-corrected chi connectivity index (χ3v) is 8.92. The molecule has 8 heteroatoms. The maximum absolute atomic E-state index is 14.1. The van der Waals surface area contributed by atoms with Crippen molar-refractivity contribution in [3.05, 3.63) is 168 Å². The van der Waals surface area contributed by atoms with Crippen LogP contribution in [0.15, 0.2) is 155 Å². The first kappa shape index (κ1) is 30.9. The zero-order valence-corrected chi connectivity index (χ0v) is 27.0. The molecular weight excluding hydrogens is 620 g/mol. The molecule has 236 valence electrons. The second-order valence-corrected chi connectivity index (χ2v) is 12.3. The van der Waals surface area contributed by atoms with E-state index in [9.17, 15) is 9.18 Å². The molecule has 0 radical (unpaired) electrons. The Morgan fingerprint density at radius 3 is 2.17 bits per heavy atom. The molecule has 0 atom stereocenters. The smallest absolute Gasteiger partial charge is 0.280 e. The largest absolute Gasteiger partial charge is 0.489 e. The number of aryl methyl sites for hydroxylation is 1. The Morgan fingerprint density at radius 2 is 1.46 bits per heavy atom. The van der Waals surface area contributed by atoms with Crippen molar-refractivity contribution in [2.24, 2.45) is 5.10 Å². The highest BCUT2D eigenvalue weighted by atomic mass is 32.2. The topological polar surface area (TPSA) is 59.7 Å². The summed E-state index contributed by atoms with van der Waals surface area (Å²) < 4.78 is 21.8. The predicted octanol–water partition coefficient (Wildman–Crippen LogP) is 9.14. The molecular formula is C40H31FN4O2S. The fraction of sp³-hybridized carbons (Fsp3) is 0.0750. The summed E-state index contributed by atoms with van der Waals surface area (Å²) in [6.45, 7) is 2.18. The molecule has 6 nitrogen and oxygen atoms in total. The van der Waals surface area contributed by atoms with Crippen LogP contribution in [0.2, 0.25) is 0 Å². The van der Waals surface area contributed by atoms with Crippen molar-refractivity contribution < 1.29 is 13.9 Å². The lowest BCUT2D eigenvalue weighted by Crippen LogP contribution is -2.21. The highest BCUT2D eigenvalue weighted by Crippen LogP contribution is 2.32. The number of benzene rings is 5. The lowest BCUT2D eigenvalue weighted by Gasteiger charge is -2.11. The Bertz CT molecular complexity index is 2110. The normalized spacial score (nSPS) is 13.6. The van der Waals surface area contributed by atoms with Gasteiger partial charge in [0.1, 0.15) is 18.2 Å². The highest BCUT2D eigenvalue weighted by Gasteiger charge is 2.31. The number of hydrogen-bond acceptors (Lipinski definition) is 5. The molecule has 1 aliphatic heterocycles. The van der Waals surface area contributed by atoms with Gasteiger partial charge in [0.25, 0.3) is 5.91 Å². The third-order valence-electron chi connectivity index (χ3n) is 7.89. The number of ether oxygens (including phenoxy) is 1. The predicted molar refractivity (Wildman–Crippen MR) is 191 cm³/mol. The van der Waals surface area contributed by atoms with Crippen LogP contribution in [0.4, 0.5) is 10.1 Å². The highest BCUT2D eigenvalue weighted by molar-refractivity contribution is 8.00. The molecule has 6 aromatic rings. The van der Waals surface area contributed by atoms with Crippen LogP contribution in [-0.4, -0.2) is 27.2 Å². The van der Waals surface area contributed by atoms with Crippen LogP contribution in [0.1, 0.15) is 16.7 Å². The van der Waals surface area contributed by atoms with Crippen LogP contribution in [0.25, 0.3) is 23.0 Å². The molecule has 0 aliphatic carbocycles. The molecule has 0 spiro atoms. The van der Waals surface area contributed by atoms with Gasteiger partial charge in [-0.1, -0.05) is 72.3 Å². The maximum atomic E-state index is 14.1. The standard InChI is InChI=1S/C40H31FN4O2S/c1-28-16-22-35(23-17-28)48-27-38-36(40(46)45(42-38)33-13-6-3-7-14-33)24-31-25-44(32-11-4-2-5-12-32)43-39(31)29-18-20-34(21-19-29)47-26-30-10-8-9-15-37(30)41/h2-25H,26-27H2,1H3. The van der Waals surface area contributed by atoms with Crippen LogP contribution >= 0.6 is 11.8 Å². The van der Waals surface area contributed by atoms with E-state index >= 15 is 0 Å². The lowest BCUT2D eigenvalue weighted by molar-refractivity contribution is -0.114. The molecule has 5 aromatic carbocycles. The third kappa shape index (κ3) is 6.84. The number of para-hydroxylation sites is 2. The first-order valence-corrected chi connectivity index (χ1v) is 16.5. The average Bonchev–Trinajstić information content (AvgIpc) is 3.69. The van der Waals surface area contributed by atoms with Crippen molar-refractivity contribution in [1.29, 1.82) is 0 Å². The second kappa shape index (κ2) is 13.9. The van der Waals surface area contributed by atoms with Gasteiger partial charge in [-0.25, -0.2) is 9.07 Å². The number of aromatic nitrogens is 2. The molecule has 2 heterocycles. The number of rotatable bonds is 10. The number of amides is 1. The van der Waals surface area contributed by atoms with Crippen molar-refractivity contribution in [3.8, 4) is 22.7 Å². The van der Waals surface area contributed by atoms with E-state index in [2.05, 4.69) is 31.2 Å². The quantitative estimate of drug-likeness (QED) is 0.110. The number of anilines is 1. The zero-order chi connectivity index (χ0) is 32.9. The maximum Gasteiger partial charge on any atom is 0.280 e. The van der Waals surface area contributed by atoms with Gasteiger partial charge >= 0.3 is 0 Å². The first-order chi connectivity index (χ1) is 23.5. The number of nitrogens with zero attached hydrogens (tertiary/aromatic N) is 4. The van der Waals surface area contributed by atoms with E-state index in [0.717, 1.165) is 21.7 Å². The van der Waals surface area contributed by atoms with Crippen molar-refractivity contribution in [1.82, 2.24) is 9.78 Å². The second-order valence-electron chi connectivity index (χ2n) is 11.3. The van der Waals surface area contributed by atoms with E-state index in [1.807, 2.05) is 102 Å². The number of hydrogen-bond donors (Lipinski definition) is 0. The minimum atomic E-state index is -0.300. The van der Waals surface area contributed by atoms with Gasteiger partial charge in [-0.3, -0.25) is 4.79 Å². The van der Waals surface area contributed by atoms with Crippen molar-refractivity contribution >= 4 is 35.1 Å². The Morgan fingerprint density at radius 1 is 0.792 bits per heavy atom. The summed E-state index contributed by atoms with van der Waals surface area (Å²) in [4.78, 5) is 15.1. The van der Waals surface area contributed by atoms with Crippen molar-refractivity contribution in [3.63, 3.8) is 0 Å². The van der Waals surface area contributed by atoms with Gasteiger partial charge < -0.3 is 4.74 Å². The summed E-state index contributed by atoms with van der Waals surface area (Å²) in [6, 6.07) is 41.7. The van der Waals surface area contributed by atoms with Crippen LogP contribution in [0.5, 0.6) is 5.75 Å². The van der Waals surface area contributed by atoms with E-state index in [1.165, 1.54) is 16.6 Å². The van der Waals surface area contributed by atoms with Gasteiger partial charge in [0.15, 0.2) is 0 Å². The monoisotopic (exact) mass is 650 g/mol. The number of thioether (sulfide) groups is 1. The molecule has 0 N–H and O–H groups in total. The van der Waals surface area contributed by atoms with Gasteiger partial charge in [-0.05, 0) is 79.7 Å². The van der Waals surface area contributed by atoms with Gasteiger partial charge in [-0.15, -0.1) is 11.8 Å². The Balaban J connectivity index is 1.24. The summed E-state index contributed by atoms with van der Waals surface area (Å²) in [7, 11) is 0. The molecule has 1 aromatic heterocycles. The fourth-order valence-electron chi connectivity index (χ4n) is 5.31. The number of halogens is 1. The van der Waals surface area contributed by atoms with Crippen LogP contribution < -0.4 is 9.75 Å². The van der Waals surface area contributed by atoms with E-state index < -0.39 is 0 Å². The molecule has 0 saturated heterocycles. The van der Waals surface area contributed by atoms with Gasteiger partial charge in [0, 0.05) is 33.5 Å². The number of hydrazone groups is 1. The summed E-state index contributed by atoms with van der Waals surface area (Å²) in [6.07, 6.45) is 3.83. The summed E-state index contributed by atoms with van der Waals surface area (Å²) in [5.74, 6) is 0.623. The molecule has 1 amide bonds. The van der Waals surface area contributed by atoms with Crippen LogP contribution in [0, 0.1) is 12.7 Å². The fourth-order valence-corrected chi connectivity index (χ4v) is 6.16.